The highest BCUT2D eigenvalue weighted by Gasteiger charge is 2.06. The van der Waals surface area contributed by atoms with Crippen molar-refractivity contribution in [1.29, 1.82) is 5.26 Å². The third-order valence-electron chi connectivity index (χ3n) is 2.79. The maximum absolute atomic E-state index is 13.4. The smallest absolute Gasteiger partial charge is 0.143 e. The molecule has 0 aliphatic heterocycles. The Balaban J connectivity index is 1.98. The minimum atomic E-state index is -0.517. The van der Waals surface area contributed by atoms with Crippen LogP contribution < -0.4 is 5.32 Å². The minimum absolute atomic E-state index is 0.0354. The zero-order valence-corrected chi connectivity index (χ0v) is 10.2. The van der Waals surface area contributed by atoms with Crippen molar-refractivity contribution in [3.63, 3.8) is 0 Å². The lowest BCUT2D eigenvalue weighted by atomic mass is 10.1. The van der Waals surface area contributed by atoms with Gasteiger partial charge in [0.25, 0.3) is 0 Å². The number of phenols is 1. The summed E-state index contributed by atoms with van der Waals surface area (Å²) in [6, 6.07) is 13.3. The van der Waals surface area contributed by atoms with Crippen LogP contribution in [0.15, 0.2) is 42.5 Å². The zero-order chi connectivity index (χ0) is 13.7. The van der Waals surface area contributed by atoms with Gasteiger partial charge < -0.3 is 10.4 Å². The van der Waals surface area contributed by atoms with Crippen LogP contribution in [-0.2, 0) is 6.42 Å². The molecule has 2 aromatic rings. The molecule has 0 spiro atoms. The maximum Gasteiger partial charge on any atom is 0.143 e. The summed E-state index contributed by atoms with van der Waals surface area (Å²) in [4.78, 5) is 0. The predicted octanol–water partition coefficient (Wildman–Crippen LogP) is 3.06. The number of rotatable bonds is 4. The third-order valence-corrected chi connectivity index (χ3v) is 2.79. The third kappa shape index (κ3) is 3.23. The summed E-state index contributed by atoms with van der Waals surface area (Å²) in [5.74, 6) is -0.286. The fourth-order valence-electron chi connectivity index (χ4n) is 1.79. The Hall–Kier alpha value is -2.54. The van der Waals surface area contributed by atoms with E-state index in [9.17, 15) is 4.39 Å². The first kappa shape index (κ1) is 12.9. The van der Waals surface area contributed by atoms with E-state index in [-0.39, 0.29) is 11.3 Å². The monoisotopic (exact) mass is 256 g/mol. The van der Waals surface area contributed by atoms with E-state index in [1.165, 1.54) is 6.07 Å². The molecular formula is C15H13FN2O. The normalized spacial score (nSPS) is 9.89. The van der Waals surface area contributed by atoms with Crippen molar-refractivity contribution in [2.75, 3.05) is 11.9 Å². The molecule has 3 nitrogen and oxygen atoms in total. The molecule has 2 N–H and O–H groups in total. The lowest BCUT2D eigenvalue weighted by molar-refractivity contribution is 0.475. The van der Waals surface area contributed by atoms with Crippen LogP contribution in [0.3, 0.4) is 0 Å². The molecule has 4 heteroatoms. The number of halogens is 1. The number of anilines is 1. The fourth-order valence-corrected chi connectivity index (χ4v) is 1.79. The largest absolute Gasteiger partial charge is 0.508 e. The van der Waals surface area contributed by atoms with Crippen LogP contribution in [0, 0.1) is 17.1 Å². The van der Waals surface area contributed by atoms with Crippen LogP contribution in [0.1, 0.15) is 11.1 Å². The second-order valence-corrected chi connectivity index (χ2v) is 4.12. The van der Waals surface area contributed by atoms with Crippen molar-refractivity contribution < 1.29 is 9.50 Å². The van der Waals surface area contributed by atoms with E-state index in [0.29, 0.717) is 12.2 Å². The molecule has 0 aromatic heterocycles. The van der Waals surface area contributed by atoms with Crippen LogP contribution in [0.5, 0.6) is 5.75 Å². The topological polar surface area (TPSA) is 56.0 Å². The number of phenolic OH excluding ortho intramolecular Hbond substituents is 1. The van der Waals surface area contributed by atoms with Crippen molar-refractivity contribution in [2.45, 2.75) is 6.42 Å². The van der Waals surface area contributed by atoms with Crippen molar-refractivity contribution in [3.05, 3.63) is 59.4 Å². The molecule has 96 valence electrons. The molecular weight excluding hydrogens is 243 g/mol. The van der Waals surface area contributed by atoms with Crippen LogP contribution in [0.4, 0.5) is 10.1 Å². The van der Waals surface area contributed by atoms with Crippen LogP contribution in [-0.4, -0.2) is 11.7 Å². The highest BCUT2D eigenvalue weighted by Crippen LogP contribution is 2.18. The van der Waals surface area contributed by atoms with Crippen LogP contribution in [0.2, 0.25) is 0 Å². The number of hydrogen-bond acceptors (Lipinski definition) is 3. The maximum atomic E-state index is 13.4. The van der Waals surface area contributed by atoms with Gasteiger partial charge in [-0.15, -0.1) is 0 Å². The van der Waals surface area contributed by atoms with E-state index < -0.39 is 5.82 Å². The van der Waals surface area contributed by atoms with Gasteiger partial charge in [0.05, 0.1) is 5.69 Å². The molecule has 0 fully saturated rings. The standard InChI is InChI=1S/C15H13FN2O/c16-14-2-1-3-15(13(14)10-17)18-9-8-11-4-6-12(19)7-5-11/h1-7,18-19H,8-9H2. The summed E-state index contributed by atoms with van der Waals surface area (Å²) in [6.45, 7) is 0.586. The van der Waals surface area contributed by atoms with E-state index in [2.05, 4.69) is 5.32 Å². The van der Waals surface area contributed by atoms with E-state index >= 15 is 0 Å². The van der Waals surface area contributed by atoms with E-state index in [0.717, 1.165) is 12.0 Å². The first-order valence-corrected chi connectivity index (χ1v) is 5.91. The second-order valence-electron chi connectivity index (χ2n) is 4.12. The SMILES string of the molecule is N#Cc1c(F)cccc1NCCc1ccc(O)cc1. The van der Waals surface area contributed by atoms with Crippen LogP contribution >= 0.6 is 0 Å². The van der Waals surface area contributed by atoms with E-state index in [1.54, 1.807) is 24.3 Å². The summed E-state index contributed by atoms with van der Waals surface area (Å²) in [6.07, 6.45) is 0.724. The lowest BCUT2D eigenvalue weighted by Gasteiger charge is -2.08. The Morgan fingerprint density at radius 2 is 1.89 bits per heavy atom. The van der Waals surface area contributed by atoms with Crippen LogP contribution in [0.25, 0.3) is 0 Å². The Labute approximate surface area is 110 Å². The molecule has 0 bridgehead atoms. The molecule has 0 radical (unpaired) electrons. The lowest BCUT2D eigenvalue weighted by Crippen LogP contribution is -2.06. The van der Waals surface area contributed by atoms with Gasteiger partial charge in [-0.2, -0.15) is 5.26 Å². The van der Waals surface area contributed by atoms with Gasteiger partial charge in [0.1, 0.15) is 23.2 Å². The first-order chi connectivity index (χ1) is 9.20. The molecule has 0 heterocycles. The van der Waals surface area contributed by atoms with E-state index in [4.69, 9.17) is 10.4 Å². The molecule has 0 aliphatic rings. The Morgan fingerprint density at radius 3 is 2.58 bits per heavy atom. The molecule has 0 atom stereocenters. The number of nitrogens with one attached hydrogen (secondary N) is 1. The van der Waals surface area contributed by atoms with Crippen molar-refractivity contribution in [2.24, 2.45) is 0 Å². The second kappa shape index (κ2) is 5.87. The van der Waals surface area contributed by atoms with Gasteiger partial charge in [-0.05, 0) is 36.2 Å². The van der Waals surface area contributed by atoms with Gasteiger partial charge in [0.2, 0.25) is 0 Å². The summed E-state index contributed by atoms with van der Waals surface area (Å²) < 4.78 is 13.4. The minimum Gasteiger partial charge on any atom is -0.508 e. The predicted molar refractivity (Wildman–Crippen MR) is 71.4 cm³/mol. The molecule has 2 rings (SSSR count). The Kier molecular flexibility index (Phi) is 3.99. The van der Waals surface area contributed by atoms with Gasteiger partial charge in [-0.25, -0.2) is 4.39 Å². The molecule has 2 aromatic carbocycles. The average molecular weight is 256 g/mol. The Morgan fingerprint density at radius 1 is 1.16 bits per heavy atom. The number of benzene rings is 2. The number of nitriles is 1. The summed E-state index contributed by atoms with van der Waals surface area (Å²) >= 11 is 0. The fraction of sp³-hybridized carbons (Fsp3) is 0.133. The highest BCUT2D eigenvalue weighted by molar-refractivity contribution is 5.57. The average Bonchev–Trinajstić information content (AvgIpc) is 2.41. The van der Waals surface area contributed by atoms with Gasteiger partial charge in [0.15, 0.2) is 0 Å². The first-order valence-electron chi connectivity index (χ1n) is 5.91. The molecule has 0 saturated heterocycles. The van der Waals surface area contributed by atoms with Crippen molar-refractivity contribution >= 4 is 5.69 Å². The van der Waals surface area contributed by atoms with Gasteiger partial charge in [-0.3, -0.25) is 0 Å². The number of aromatic hydroxyl groups is 1. The molecule has 0 amide bonds. The highest BCUT2D eigenvalue weighted by atomic mass is 19.1. The number of hydrogen-bond donors (Lipinski definition) is 2. The zero-order valence-electron chi connectivity index (χ0n) is 10.2. The van der Waals surface area contributed by atoms with Crippen molar-refractivity contribution in [1.82, 2.24) is 0 Å². The molecule has 0 aliphatic carbocycles. The van der Waals surface area contributed by atoms with Gasteiger partial charge in [0, 0.05) is 6.54 Å². The number of nitrogens with zero attached hydrogens (tertiary/aromatic N) is 1. The summed E-state index contributed by atoms with van der Waals surface area (Å²) in [5, 5.41) is 21.1. The summed E-state index contributed by atoms with van der Waals surface area (Å²) in [5.41, 5.74) is 1.59. The van der Waals surface area contributed by atoms with Gasteiger partial charge in [-0.1, -0.05) is 18.2 Å². The molecule has 0 saturated carbocycles. The van der Waals surface area contributed by atoms with E-state index in [1.807, 2.05) is 18.2 Å². The molecule has 0 unspecified atom stereocenters. The molecule has 19 heavy (non-hydrogen) atoms. The summed E-state index contributed by atoms with van der Waals surface area (Å²) in [7, 11) is 0. The Bertz CT molecular complexity index is 603. The van der Waals surface area contributed by atoms with Crippen molar-refractivity contribution in [3.8, 4) is 11.8 Å². The van der Waals surface area contributed by atoms with Gasteiger partial charge >= 0.3 is 0 Å². The quantitative estimate of drug-likeness (QED) is 0.884.